The van der Waals surface area contributed by atoms with E-state index >= 15 is 0 Å². The van der Waals surface area contributed by atoms with Gasteiger partial charge in [-0.05, 0) is 31.3 Å². The minimum atomic E-state index is 0.245. The third kappa shape index (κ3) is 2.13. The minimum absolute atomic E-state index is 0.245. The zero-order chi connectivity index (χ0) is 10.7. The maximum Gasteiger partial charge on any atom is 0.115 e. The number of hydrogen-bond donors (Lipinski definition) is 2. The predicted octanol–water partition coefficient (Wildman–Crippen LogP) is 0.692. The Morgan fingerprint density at radius 2 is 2.07 bits per heavy atom. The van der Waals surface area contributed by atoms with E-state index in [0.29, 0.717) is 6.54 Å². The Kier molecular flexibility index (Phi) is 2.64. The van der Waals surface area contributed by atoms with Gasteiger partial charge in [-0.15, -0.1) is 5.10 Å². The van der Waals surface area contributed by atoms with Crippen LogP contribution in [-0.2, 0) is 6.54 Å². The topological polar surface area (TPSA) is 63.0 Å². The Hall–Kier alpha value is -1.88. The molecule has 0 bridgehead atoms. The third-order valence-electron chi connectivity index (χ3n) is 2.01. The molecule has 0 saturated carbocycles. The van der Waals surface area contributed by atoms with Crippen LogP contribution in [0.3, 0.4) is 0 Å². The van der Waals surface area contributed by atoms with Crippen LogP contribution < -0.4 is 5.32 Å². The van der Waals surface area contributed by atoms with Crippen LogP contribution in [0.5, 0.6) is 5.75 Å². The third-order valence-corrected chi connectivity index (χ3v) is 2.01. The summed E-state index contributed by atoms with van der Waals surface area (Å²) in [7, 11) is 1.86. The first-order valence-electron chi connectivity index (χ1n) is 4.65. The molecule has 0 amide bonds. The molecule has 0 aliphatic heterocycles. The second kappa shape index (κ2) is 4.10. The summed E-state index contributed by atoms with van der Waals surface area (Å²) in [5, 5.41) is 20.1. The Morgan fingerprint density at radius 3 is 2.73 bits per heavy atom. The molecule has 2 aromatic rings. The molecule has 2 N–H and O–H groups in total. The summed E-state index contributed by atoms with van der Waals surface area (Å²) in [4.78, 5) is 0. The van der Waals surface area contributed by atoms with E-state index in [1.807, 2.05) is 13.2 Å². The van der Waals surface area contributed by atoms with Crippen LogP contribution in [0.4, 0.5) is 0 Å². The van der Waals surface area contributed by atoms with Crippen molar-refractivity contribution in [3.63, 3.8) is 0 Å². The Labute approximate surface area is 87.4 Å². The molecule has 5 heteroatoms. The molecule has 0 spiro atoms. The quantitative estimate of drug-likeness (QED) is 0.772. The van der Waals surface area contributed by atoms with Crippen molar-refractivity contribution in [2.24, 2.45) is 0 Å². The van der Waals surface area contributed by atoms with E-state index in [0.717, 1.165) is 11.4 Å². The van der Waals surface area contributed by atoms with Crippen LogP contribution in [-0.4, -0.2) is 27.1 Å². The van der Waals surface area contributed by atoms with Crippen molar-refractivity contribution >= 4 is 0 Å². The fraction of sp³-hybridized carbons (Fsp3) is 0.200. The molecule has 1 aromatic carbocycles. The molecule has 78 valence electrons. The molecule has 0 unspecified atom stereocenters. The van der Waals surface area contributed by atoms with Gasteiger partial charge in [0.2, 0.25) is 0 Å². The van der Waals surface area contributed by atoms with E-state index in [4.69, 9.17) is 5.11 Å². The highest BCUT2D eigenvalue weighted by atomic mass is 16.3. The summed E-state index contributed by atoms with van der Waals surface area (Å²) in [5.74, 6) is 0.245. The summed E-state index contributed by atoms with van der Waals surface area (Å²) < 4.78 is 1.67. The van der Waals surface area contributed by atoms with Gasteiger partial charge in [0.15, 0.2) is 0 Å². The highest BCUT2D eigenvalue weighted by Crippen LogP contribution is 2.12. The van der Waals surface area contributed by atoms with Gasteiger partial charge >= 0.3 is 0 Å². The van der Waals surface area contributed by atoms with Crippen LogP contribution in [0.1, 0.15) is 5.69 Å². The van der Waals surface area contributed by atoms with Gasteiger partial charge in [-0.1, -0.05) is 5.21 Å². The smallest absolute Gasteiger partial charge is 0.115 e. The summed E-state index contributed by atoms with van der Waals surface area (Å²) >= 11 is 0. The fourth-order valence-electron chi connectivity index (χ4n) is 1.29. The van der Waals surface area contributed by atoms with Gasteiger partial charge in [-0.25, -0.2) is 4.68 Å². The molecule has 0 fully saturated rings. The Balaban J connectivity index is 2.25. The first kappa shape index (κ1) is 9.67. The standard InChI is InChI=1S/C10H12N4O/c1-11-6-8-7-14(13-12-8)9-2-4-10(15)5-3-9/h2-5,7,11,15H,6H2,1H3. The molecule has 1 heterocycles. The van der Waals surface area contributed by atoms with Crippen molar-refractivity contribution in [3.05, 3.63) is 36.2 Å². The van der Waals surface area contributed by atoms with E-state index in [9.17, 15) is 0 Å². The molecular formula is C10H12N4O. The van der Waals surface area contributed by atoms with Crippen molar-refractivity contribution in [1.82, 2.24) is 20.3 Å². The second-order valence-electron chi connectivity index (χ2n) is 3.20. The second-order valence-corrected chi connectivity index (χ2v) is 3.20. The Bertz CT molecular complexity index is 435. The van der Waals surface area contributed by atoms with E-state index in [2.05, 4.69) is 15.6 Å². The van der Waals surface area contributed by atoms with Gasteiger partial charge in [0.05, 0.1) is 17.6 Å². The highest BCUT2D eigenvalue weighted by Gasteiger charge is 2.01. The van der Waals surface area contributed by atoms with Crippen molar-refractivity contribution in [1.29, 1.82) is 0 Å². The monoisotopic (exact) mass is 204 g/mol. The van der Waals surface area contributed by atoms with Gasteiger partial charge in [0.25, 0.3) is 0 Å². The minimum Gasteiger partial charge on any atom is -0.508 e. The lowest BCUT2D eigenvalue weighted by molar-refractivity contribution is 0.475. The summed E-state index contributed by atoms with van der Waals surface area (Å²) in [5.41, 5.74) is 1.76. The van der Waals surface area contributed by atoms with Crippen LogP contribution >= 0.6 is 0 Å². The lowest BCUT2D eigenvalue weighted by atomic mass is 10.3. The normalized spacial score (nSPS) is 10.5. The van der Waals surface area contributed by atoms with E-state index in [1.54, 1.807) is 28.9 Å². The van der Waals surface area contributed by atoms with Crippen molar-refractivity contribution in [2.45, 2.75) is 6.54 Å². The average molecular weight is 204 g/mol. The average Bonchev–Trinajstić information content (AvgIpc) is 2.68. The van der Waals surface area contributed by atoms with E-state index in [1.165, 1.54) is 0 Å². The van der Waals surface area contributed by atoms with Crippen LogP contribution in [0.2, 0.25) is 0 Å². The summed E-state index contributed by atoms with van der Waals surface area (Å²) in [6, 6.07) is 6.81. The molecule has 0 aliphatic carbocycles. The molecule has 15 heavy (non-hydrogen) atoms. The largest absolute Gasteiger partial charge is 0.508 e. The molecular weight excluding hydrogens is 192 g/mol. The molecule has 5 nitrogen and oxygen atoms in total. The molecule has 0 saturated heterocycles. The first-order valence-corrected chi connectivity index (χ1v) is 4.65. The van der Waals surface area contributed by atoms with Gasteiger partial charge in [-0.3, -0.25) is 0 Å². The van der Waals surface area contributed by atoms with Crippen LogP contribution in [0, 0.1) is 0 Å². The fourth-order valence-corrected chi connectivity index (χ4v) is 1.29. The number of nitrogens with zero attached hydrogens (tertiary/aromatic N) is 3. The SMILES string of the molecule is CNCc1cn(-c2ccc(O)cc2)nn1. The molecule has 0 radical (unpaired) electrons. The predicted molar refractivity (Wildman–Crippen MR) is 55.8 cm³/mol. The maximum absolute atomic E-state index is 9.14. The molecule has 0 atom stereocenters. The lowest BCUT2D eigenvalue weighted by Crippen LogP contribution is -2.04. The maximum atomic E-state index is 9.14. The van der Waals surface area contributed by atoms with E-state index < -0.39 is 0 Å². The Morgan fingerprint density at radius 1 is 1.33 bits per heavy atom. The van der Waals surface area contributed by atoms with Gasteiger partial charge < -0.3 is 10.4 Å². The number of phenols is 1. The van der Waals surface area contributed by atoms with Gasteiger partial charge in [0, 0.05) is 6.54 Å². The number of rotatable bonds is 3. The lowest BCUT2D eigenvalue weighted by Gasteiger charge is -1.98. The highest BCUT2D eigenvalue weighted by molar-refractivity contribution is 5.35. The number of hydrogen-bond acceptors (Lipinski definition) is 4. The zero-order valence-corrected chi connectivity index (χ0v) is 8.38. The van der Waals surface area contributed by atoms with Crippen molar-refractivity contribution in [3.8, 4) is 11.4 Å². The van der Waals surface area contributed by atoms with Crippen LogP contribution in [0.15, 0.2) is 30.5 Å². The summed E-state index contributed by atoms with van der Waals surface area (Å²) in [6.45, 7) is 0.693. The molecule has 0 aliphatic rings. The number of nitrogens with one attached hydrogen (secondary N) is 1. The molecule has 1 aromatic heterocycles. The van der Waals surface area contributed by atoms with Crippen LogP contribution in [0.25, 0.3) is 5.69 Å². The van der Waals surface area contributed by atoms with Gasteiger partial charge in [-0.2, -0.15) is 0 Å². The van der Waals surface area contributed by atoms with E-state index in [-0.39, 0.29) is 5.75 Å². The number of aromatic nitrogens is 3. The molecule has 2 rings (SSSR count). The zero-order valence-electron chi connectivity index (χ0n) is 8.38. The number of phenolic OH excluding ortho intramolecular Hbond substituents is 1. The number of aromatic hydroxyl groups is 1. The van der Waals surface area contributed by atoms with Gasteiger partial charge in [0.1, 0.15) is 5.75 Å². The number of benzene rings is 1. The van der Waals surface area contributed by atoms with Crippen molar-refractivity contribution in [2.75, 3.05) is 7.05 Å². The summed E-state index contributed by atoms with van der Waals surface area (Å²) in [6.07, 6.45) is 1.85. The first-order chi connectivity index (χ1) is 7.29. The van der Waals surface area contributed by atoms with Crippen molar-refractivity contribution < 1.29 is 5.11 Å².